The molecular weight excluding hydrogens is 450 g/mol. The van der Waals surface area contributed by atoms with Crippen LogP contribution in [0.5, 0.6) is 0 Å². The molecule has 1 aromatic carbocycles. The Morgan fingerprint density at radius 2 is 1.91 bits per heavy atom. The summed E-state index contributed by atoms with van der Waals surface area (Å²) in [6.07, 6.45) is 5.29. The van der Waals surface area contributed by atoms with Crippen molar-refractivity contribution in [3.8, 4) is 0 Å². The molecule has 1 N–H and O–H groups in total. The van der Waals surface area contributed by atoms with Gasteiger partial charge in [-0.1, -0.05) is 12.8 Å². The van der Waals surface area contributed by atoms with Gasteiger partial charge in [-0.3, -0.25) is 9.59 Å². The van der Waals surface area contributed by atoms with Gasteiger partial charge in [0.1, 0.15) is 5.60 Å². The lowest BCUT2D eigenvalue weighted by atomic mass is 10.0. The topological polar surface area (TPSA) is 79.0 Å². The lowest BCUT2D eigenvalue weighted by Crippen LogP contribution is -2.54. The lowest BCUT2D eigenvalue weighted by molar-refractivity contribution is -0.118. The smallest absolute Gasteiger partial charge is 0.410 e. The Hall–Kier alpha value is -2.22. The van der Waals surface area contributed by atoms with Crippen LogP contribution in [0.3, 0.4) is 0 Å². The number of fused-ring (bicyclic) bond motifs is 1. The maximum Gasteiger partial charge on any atom is 0.410 e. The highest BCUT2D eigenvalue weighted by Gasteiger charge is 2.45. The first kappa shape index (κ1) is 24.9. The van der Waals surface area contributed by atoms with Crippen LogP contribution in [-0.4, -0.2) is 63.2 Å². The van der Waals surface area contributed by atoms with Gasteiger partial charge < -0.3 is 19.9 Å². The van der Waals surface area contributed by atoms with Crippen molar-refractivity contribution in [2.24, 2.45) is 0 Å². The molecule has 0 unspecified atom stereocenters. The van der Waals surface area contributed by atoms with Gasteiger partial charge in [0, 0.05) is 29.6 Å². The molecular formula is C26H37N3O4S. The minimum Gasteiger partial charge on any atom is -0.444 e. The number of nitrogens with one attached hydrogen (secondary N) is 1. The molecule has 0 radical (unpaired) electrons. The van der Waals surface area contributed by atoms with Gasteiger partial charge in [-0.25, -0.2) is 4.79 Å². The lowest BCUT2D eigenvalue weighted by Gasteiger charge is -2.41. The van der Waals surface area contributed by atoms with E-state index in [0.717, 1.165) is 49.1 Å². The number of hydrogen-bond acceptors (Lipinski definition) is 5. The molecule has 1 atom stereocenters. The van der Waals surface area contributed by atoms with Crippen LogP contribution in [-0.2, 0) is 9.53 Å². The van der Waals surface area contributed by atoms with Crippen LogP contribution in [0.25, 0.3) is 0 Å². The Morgan fingerprint density at radius 3 is 2.56 bits per heavy atom. The van der Waals surface area contributed by atoms with Gasteiger partial charge >= 0.3 is 6.09 Å². The van der Waals surface area contributed by atoms with E-state index in [1.165, 1.54) is 0 Å². The summed E-state index contributed by atoms with van der Waals surface area (Å²) in [4.78, 5) is 43.8. The van der Waals surface area contributed by atoms with Crippen molar-refractivity contribution >= 4 is 35.4 Å². The second kappa shape index (κ2) is 9.44. The minimum atomic E-state index is -0.555. The zero-order chi connectivity index (χ0) is 24.7. The number of amides is 3. The summed E-state index contributed by atoms with van der Waals surface area (Å²) in [5, 5.41) is 3.08. The second-order valence-electron chi connectivity index (χ2n) is 11.0. The summed E-state index contributed by atoms with van der Waals surface area (Å²) < 4.78 is 5.21. The third-order valence-corrected chi connectivity index (χ3v) is 8.40. The number of thioether (sulfide) groups is 1. The highest BCUT2D eigenvalue weighted by molar-refractivity contribution is 8.01. The fourth-order valence-corrected chi connectivity index (χ4v) is 6.68. The molecule has 2 fully saturated rings. The van der Waals surface area contributed by atoms with Crippen LogP contribution in [0.2, 0.25) is 0 Å². The Balaban J connectivity index is 1.52. The number of carbonyl (C=O) groups excluding carboxylic acids is 3. The third-order valence-electron chi connectivity index (χ3n) is 6.84. The number of piperidine rings is 1. The summed E-state index contributed by atoms with van der Waals surface area (Å²) in [5.74, 6) is -0.0117. The van der Waals surface area contributed by atoms with Crippen LogP contribution >= 0.6 is 11.8 Å². The first-order chi connectivity index (χ1) is 16.0. The normalized spacial score (nSPS) is 21.9. The van der Waals surface area contributed by atoms with E-state index < -0.39 is 5.60 Å². The number of benzene rings is 1. The van der Waals surface area contributed by atoms with Crippen LogP contribution in [0.15, 0.2) is 23.1 Å². The predicted molar refractivity (Wildman–Crippen MR) is 134 cm³/mol. The van der Waals surface area contributed by atoms with Crippen molar-refractivity contribution in [1.82, 2.24) is 9.80 Å². The molecule has 1 aliphatic carbocycles. The second-order valence-corrected chi connectivity index (χ2v) is 12.4. The molecule has 4 rings (SSSR count). The number of ether oxygens (including phenoxy) is 1. The van der Waals surface area contributed by atoms with Gasteiger partial charge in [-0.15, -0.1) is 11.8 Å². The number of rotatable bonds is 3. The summed E-state index contributed by atoms with van der Waals surface area (Å²) in [7, 11) is 0. The average Bonchev–Trinajstić information content (AvgIpc) is 3.22. The van der Waals surface area contributed by atoms with Crippen molar-refractivity contribution in [3.05, 3.63) is 23.8 Å². The minimum absolute atomic E-state index is 0.0298. The summed E-state index contributed by atoms with van der Waals surface area (Å²) in [5.41, 5.74) is 0.728. The first-order valence-corrected chi connectivity index (χ1v) is 13.3. The highest BCUT2D eigenvalue weighted by atomic mass is 32.2. The summed E-state index contributed by atoms with van der Waals surface area (Å²) >= 11 is 1.65. The maximum atomic E-state index is 13.7. The molecule has 7 nitrogen and oxygen atoms in total. The number of anilines is 1. The molecule has 34 heavy (non-hydrogen) atoms. The summed E-state index contributed by atoms with van der Waals surface area (Å²) in [6.45, 7) is 10.7. The fourth-order valence-electron chi connectivity index (χ4n) is 5.26. The quantitative estimate of drug-likeness (QED) is 0.626. The molecule has 2 aliphatic heterocycles. The molecule has 8 heteroatoms. The van der Waals surface area contributed by atoms with Crippen molar-refractivity contribution in [3.63, 3.8) is 0 Å². The monoisotopic (exact) mass is 487 g/mol. The van der Waals surface area contributed by atoms with Crippen molar-refractivity contribution in [2.75, 3.05) is 18.4 Å². The zero-order valence-electron chi connectivity index (χ0n) is 21.0. The molecule has 1 saturated heterocycles. The Labute approximate surface area is 207 Å². The van der Waals surface area contributed by atoms with Gasteiger partial charge in [0.25, 0.3) is 5.91 Å². The zero-order valence-corrected chi connectivity index (χ0v) is 21.8. The summed E-state index contributed by atoms with van der Waals surface area (Å²) in [6, 6.07) is 5.54. The van der Waals surface area contributed by atoms with Crippen molar-refractivity contribution in [1.29, 1.82) is 0 Å². The third kappa shape index (κ3) is 5.07. The van der Waals surface area contributed by atoms with E-state index in [-0.39, 0.29) is 34.7 Å². The molecule has 0 bridgehead atoms. The van der Waals surface area contributed by atoms with Crippen LogP contribution in [0, 0.1) is 0 Å². The molecule has 1 spiro atoms. The molecule has 186 valence electrons. The van der Waals surface area contributed by atoms with Crippen molar-refractivity contribution < 1.29 is 19.1 Å². The Bertz CT molecular complexity index is 965. The standard InChI is InChI=1S/C26H37N3O4S/c1-17(2)29(19-9-8-14-28(16-19)24(32)33-25(3,4)5)22(30)18-10-11-21-20(15-18)27-23(31)26(34-21)12-6-7-13-26/h10-11,15,17,19H,6-9,12-14,16H2,1-5H3,(H,27,31)/t19-/m1/s1. The van der Waals surface area contributed by atoms with Crippen LogP contribution in [0.4, 0.5) is 10.5 Å². The van der Waals surface area contributed by atoms with Crippen LogP contribution in [0.1, 0.15) is 83.5 Å². The molecule has 3 aliphatic rings. The SMILES string of the molecule is CC(C)N(C(=O)c1ccc2c(c1)NC(=O)C1(CCCC1)S2)[C@@H]1CCCN(C(=O)OC(C)(C)C)C1. The number of hydrogen-bond donors (Lipinski definition) is 1. The Kier molecular flexibility index (Phi) is 6.91. The van der Waals surface area contributed by atoms with E-state index in [1.54, 1.807) is 16.7 Å². The maximum absolute atomic E-state index is 13.7. The average molecular weight is 488 g/mol. The van der Waals surface area contributed by atoms with E-state index in [2.05, 4.69) is 5.32 Å². The van der Waals surface area contributed by atoms with E-state index in [4.69, 9.17) is 4.74 Å². The van der Waals surface area contributed by atoms with E-state index in [1.807, 2.05) is 57.7 Å². The largest absolute Gasteiger partial charge is 0.444 e. The van der Waals surface area contributed by atoms with Gasteiger partial charge in [0.05, 0.1) is 16.5 Å². The van der Waals surface area contributed by atoms with Crippen LogP contribution < -0.4 is 5.32 Å². The molecule has 0 aromatic heterocycles. The Morgan fingerprint density at radius 1 is 1.21 bits per heavy atom. The number of carbonyl (C=O) groups is 3. The molecule has 3 amide bonds. The highest BCUT2D eigenvalue weighted by Crippen LogP contribution is 2.51. The van der Waals surface area contributed by atoms with Gasteiger partial charge in [-0.05, 0) is 78.5 Å². The van der Waals surface area contributed by atoms with Gasteiger partial charge in [0.15, 0.2) is 0 Å². The number of nitrogens with zero attached hydrogens (tertiary/aromatic N) is 2. The fraction of sp³-hybridized carbons (Fsp3) is 0.654. The van der Waals surface area contributed by atoms with E-state index in [0.29, 0.717) is 18.7 Å². The van der Waals surface area contributed by atoms with Gasteiger partial charge in [-0.2, -0.15) is 0 Å². The van der Waals surface area contributed by atoms with E-state index in [9.17, 15) is 14.4 Å². The molecule has 1 saturated carbocycles. The predicted octanol–water partition coefficient (Wildman–Crippen LogP) is 5.29. The van der Waals surface area contributed by atoms with E-state index >= 15 is 0 Å². The molecule has 1 aromatic rings. The molecule has 2 heterocycles. The first-order valence-electron chi connectivity index (χ1n) is 12.4. The van der Waals surface area contributed by atoms with Crippen molar-refractivity contribution in [2.45, 2.75) is 100 Å². The van der Waals surface area contributed by atoms with Gasteiger partial charge in [0.2, 0.25) is 5.91 Å². The number of likely N-dealkylation sites (tertiary alicyclic amines) is 1.